The molecule has 1 amide bonds. The minimum atomic E-state index is -0.241. The number of ether oxygens (including phenoxy) is 1. The number of benzene rings is 1. The van der Waals surface area contributed by atoms with Gasteiger partial charge in [-0.3, -0.25) is 4.79 Å². The van der Waals surface area contributed by atoms with Crippen molar-refractivity contribution in [1.29, 1.82) is 0 Å². The number of methoxy groups -OCH3 is 1. The fraction of sp³-hybridized carbons (Fsp3) is 0.611. The molecule has 0 radical (unpaired) electrons. The number of halogens is 2. The van der Waals surface area contributed by atoms with Crippen LogP contribution in [0.25, 0.3) is 0 Å². The van der Waals surface area contributed by atoms with Crippen molar-refractivity contribution in [2.24, 2.45) is 0 Å². The molecule has 1 aromatic rings. The van der Waals surface area contributed by atoms with E-state index in [0.29, 0.717) is 18.7 Å². The SMILES string of the molecule is COC1CCN(C(=O)c2ccc(C3CCNCC3)c(F)c2)CC1.Cl. The van der Waals surface area contributed by atoms with Gasteiger partial charge in [-0.15, -0.1) is 12.4 Å². The second kappa shape index (κ2) is 8.79. The van der Waals surface area contributed by atoms with Crippen LogP contribution in [-0.4, -0.2) is 50.2 Å². The molecule has 1 aromatic carbocycles. The van der Waals surface area contributed by atoms with Crippen LogP contribution >= 0.6 is 12.4 Å². The highest BCUT2D eigenvalue weighted by molar-refractivity contribution is 5.94. The summed E-state index contributed by atoms with van der Waals surface area (Å²) in [5.41, 5.74) is 1.21. The van der Waals surface area contributed by atoms with Crippen molar-refractivity contribution in [1.82, 2.24) is 10.2 Å². The van der Waals surface area contributed by atoms with Crippen LogP contribution in [0.15, 0.2) is 18.2 Å². The molecule has 2 fully saturated rings. The molecule has 2 aliphatic heterocycles. The molecule has 0 aliphatic carbocycles. The molecule has 0 unspecified atom stereocenters. The van der Waals surface area contributed by atoms with Crippen molar-refractivity contribution in [3.63, 3.8) is 0 Å². The molecule has 6 heteroatoms. The fourth-order valence-electron chi connectivity index (χ4n) is 3.60. The zero-order valence-electron chi connectivity index (χ0n) is 14.1. The molecule has 2 heterocycles. The highest BCUT2D eigenvalue weighted by atomic mass is 35.5. The average molecular weight is 357 g/mol. The molecule has 134 valence electrons. The largest absolute Gasteiger partial charge is 0.381 e. The van der Waals surface area contributed by atoms with Gasteiger partial charge in [-0.2, -0.15) is 0 Å². The molecule has 0 atom stereocenters. The van der Waals surface area contributed by atoms with Gasteiger partial charge in [-0.1, -0.05) is 6.07 Å². The summed E-state index contributed by atoms with van der Waals surface area (Å²) in [7, 11) is 1.71. The Labute approximate surface area is 149 Å². The normalized spacial score (nSPS) is 19.8. The van der Waals surface area contributed by atoms with Gasteiger partial charge in [0, 0.05) is 25.8 Å². The van der Waals surface area contributed by atoms with Crippen LogP contribution in [0, 0.1) is 5.82 Å². The Morgan fingerprint density at radius 2 is 1.88 bits per heavy atom. The maximum atomic E-state index is 14.5. The number of rotatable bonds is 3. The molecule has 2 saturated heterocycles. The van der Waals surface area contributed by atoms with E-state index in [0.717, 1.165) is 44.3 Å². The Balaban J connectivity index is 0.00000208. The molecule has 4 nitrogen and oxygen atoms in total. The van der Waals surface area contributed by atoms with Crippen LogP contribution in [-0.2, 0) is 4.74 Å². The van der Waals surface area contributed by atoms with Crippen molar-refractivity contribution in [2.75, 3.05) is 33.3 Å². The zero-order valence-corrected chi connectivity index (χ0v) is 14.9. The number of carbonyl (C=O) groups is 1. The highest BCUT2D eigenvalue weighted by Crippen LogP contribution is 2.28. The third-order valence-electron chi connectivity index (χ3n) is 5.09. The lowest BCUT2D eigenvalue weighted by molar-refractivity contribution is 0.0350. The molecule has 0 bridgehead atoms. The number of nitrogens with one attached hydrogen (secondary N) is 1. The summed E-state index contributed by atoms with van der Waals surface area (Å²) >= 11 is 0. The van der Waals surface area contributed by atoms with Crippen molar-refractivity contribution < 1.29 is 13.9 Å². The summed E-state index contributed by atoms with van der Waals surface area (Å²) in [6, 6.07) is 5.01. The van der Waals surface area contributed by atoms with E-state index in [1.165, 1.54) is 6.07 Å². The number of likely N-dealkylation sites (tertiary alicyclic amines) is 1. The smallest absolute Gasteiger partial charge is 0.253 e. The van der Waals surface area contributed by atoms with Crippen LogP contribution in [0.1, 0.15) is 47.5 Å². The lowest BCUT2D eigenvalue weighted by Crippen LogP contribution is -2.40. The van der Waals surface area contributed by atoms with Gasteiger partial charge in [0.15, 0.2) is 0 Å². The van der Waals surface area contributed by atoms with Crippen LogP contribution in [0.3, 0.4) is 0 Å². The van der Waals surface area contributed by atoms with Gasteiger partial charge in [0.1, 0.15) is 5.82 Å². The van der Waals surface area contributed by atoms with E-state index in [9.17, 15) is 9.18 Å². The summed E-state index contributed by atoms with van der Waals surface area (Å²) in [6.45, 7) is 3.21. The van der Waals surface area contributed by atoms with Gasteiger partial charge < -0.3 is 15.0 Å². The predicted octanol–water partition coefficient (Wildman–Crippen LogP) is 2.97. The minimum Gasteiger partial charge on any atom is -0.381 e. The van der Waals surface area contributed by atoms with E-state index in [1.807, 2.05) is 0 Å². The average Bonchev–Trinajstić information content (AvgIpc) is 2.62. The number of hydrogen-bond donors (Lipinski definition) is 1. The Bertz CT molecular complexity index is 556. The summed E-state index contributed by atoms with van der Waals surface area (Å²) in [6.07, 6.45) is 3.83. The molecule has 0 aromatic heterocycles. The van der Waals surface area contributed by atoms with E-state index < -0.39 is 0 Å². The summed E-state index contributed by atoms with van der Waals surface area (Å²) in [5, 5.41) is 3.29. The second-order valence-electron chi connectivity index (χ2n) is 6.49. The lowest BCUT2D eigenvalue weighted by atomic mass is 9.89. The molecule has 0 saturated carbocycles. The molecular formula is C18H26ClFN2O2. The Morgan fingerprint density at radius 3 is 2.46 bits per heavy atom. The molecular weight excluding hydrogens is 331 g/mol. The monoisotopic (exact) mass is 356 g/mol. The summed E-state index contributed by atoms with van der Waals surface area (Å²) in [5.74, 6) is -0.0531. The predicted molar refractivity (Wildman–Crippen MR) is 94.4 cm³/mol. The quantitative estimate of drug-likeness (QED) is 0.905. The first-order valence-electron chi connectivity index (χ1n) is 8.51. The molecule has 24 heavy (non-hydrogen) atoms. The first-order chi connectivity index (χ1) is 11.2. The summed E-state index contributed by atoms with van der Waals surface area (Å²) in [4.78, 5) is 14.3. The molecule has 2 aliphatic rings. The Kier molecular flexibility index (Phi) is 7.02. The first-order valence-corrected chi connectivity index (χ1v) is 8.51. The second-order valence-corrected chi connectivity index (χ2v) is 6.49. The first kappa shape index (κ1) is 19.2. The number of piperidine rings is 2. The van der Waals surface area contributed by atoms with Gasteiger partial charge in [-0.05, 0) is 62.4 Å². The van der Waals surface area contributed by atoms with Gasteiger partial charge in [0.25, 0.3) is 5.91 Å². The van der Waals surface area contributed by atoms with Gasteiger partial charge >= 0.3 is 0 Å². The van der Waals surface area contributed by atoms with E-state index in [1.54, 1.807) is 24.1 Å². The van der Waals surface area contributed by atoms with E-state index in [-0.39, 0.29) is 36.2 Å². The van der Waals surface area contributed by atoms with Crippen molar-refractivity contribution in [3.05, 3.63) is 35.1 Å². The van der Waals surface area contributed by atoms with Crippen LogP contribution < -0.4 is 5.32 Å². The number of nitrogens with zero attached hydrogens (tertiary/aromatic N) is 1. The topological polar surface area (TPSA) is 41.6 Å². The van der Waals surface area contributed by atoms with E-state index >= 15 is 0 Å². The highest BCUT2D eigenvalue weighted by Gasteiger charge is 2.25. The van der Waals surface area contributed by atoms with Crippen molar-refractivity contribution in [2.45, 2.75) is 37.7 Å². The zero-order chi connectivity index (χ0) is 16.2. The van der Waals surface area contributed by atoms with Crippen LogP contribution in [0.5, 0.6) is 0 Å². The minimum absolute atomic E-state index is 0. The van der Waals surface area contributed by atoms with Crippen LogP contribution in [0.2, 0.25) is 0 Å². The standard InChI is InChI=1S/C18H25FN2O2.ClH/c1-23-15-6-10-21(11-7-15)18(22)14-2-3-16(17(19)12-14)13-4-8-20-9-5-13;/h2-3,12-13,15,20H,4-11H2,1H3;1H. The summed E-state index contributed by atoms with van der Waals surface area (Å²) < 4.78 is 19.8. The van der Waals surface area contributed by atoms with Crippen LogP contribution in [0.4, 0.5) is 4.39 Å². The maximum absolute atomic E-state index is 14.5. The van der Waals surface area contributed by atoms with Gasteiger partial charge in [-0.25, -0.2) is 4.39 Å². The number of carbonyl (C=O) groups excluding carboxylic acids is 1. The Morgan fingerprint density at radius 1 is 1.21 bits per heavy atom. The number of hydrogen-bond acceptors (Lipinski definition) is 3. The van der Waals surface area contributed by atoms with Crippen molar-refractivity contribution in [3.8, 4) is 0 Å². The van der Waals surface area contributed by atoms with E-state index in [2.05, 4.69) is 5.32 Å². The molecule has 0 spiro atoms. The third-order valence-corrected chi connectivity index (χ3v) is 5.09. The van der Waals surface area contributed by atoms with Gasteiger partial charge in [0.05, 0.1) is 6.10 Å². The Hall–Kier alpha value is -1.17. The molecule has 1 N–H and O–H groups in total. The number of amides is 1. The fourth-order valence-corrected chi connectivity index (χ4v) is 3.60. The molecule has 3 rings (SSSR count). The van der Waals surface area contributed by atoms with Gasteiger partial charge in [0.2, 0.25) is 0 Å². The third kappa shape index (κ3) is 4.26. The van der Waals surface area contributed by atoms with E-state index in [4.69, 9.17) is 4.74 Å². The maximum Gasteiger partial charge on any atom is 0.253 e. The lowest BCUT2D eigenvalue weighted by Gasteiger charge is -2.31. The van der Waals surface area contributed by atoms with Crippen molar-refractivity contribution >= 4 is 18.3 Å².